The molecule has 0 fully saturated rings. The molecule has 3 aromatic rings. The van der Waals surface area contributed by atoms with E-state index in [1.807, 2.05) is 26.2 Å². The van der Waals surface area contributed by atoms with Crippen LogP contribution in [0.2, 0.25) is 0 Å². The van der Waals surface area contributed by atoms with Crippen LogP contribution in [0.4, 0.5) is 5.13 Å². The number of rotatable bonds is 11. The van der Waals surface area contributed by atoms with Crippen LogP contribution in [0, 0.1) is 0 Å². The van der Waals surface area contributed by atoms with E-state index < -0.39 is 0 Å². The van der Waals surface area contributed by atoms with E-state index >= 15 is 0 Å². The molecule has 33 heavy (non-hydrogen) atoms. The second-order valence-corrected chi connectivity index (χ2v) is 8.29. The largest absolute Gasteiger partial charge is 0.497 e. The molecule has 0 saturated carbocycles. The predicted octanol–water partition coefficient (Wildman–Crippen LogP) is 4.11. The molecule has 0 bridgehead atoms. The third-order valence-corrected chi connectivity index (χ3v) is 5.93. The summed E-state index contributed by atoms with van der Waals surface area (Å²) in [5.74, 6) is 2.49. The van der Waals surface area contributed by atoms with Crippen molar-refractivity contribution in [3.05, 3.63) is 36.4 Å². The van der Waals surface area contributed by atoms with Crippen LogP contribution in [0.5, 0.6) is 23.0 Å². The average Bonchev–Trinajstić information content (AvgIpc) is 3.24. The molecule has 10 heteroatoms. The number of ether oxygens (including phenoxy) is 4. The number of benzene rings is 2. The molecule has 2 aromatic carbocycles. The van der Waals surface area contributed by atoms with Crippen molar-refractivity contribution in [2.75, 3.05) is 60.0 Å². The van der Waals surface area contributed by atoms with Crippen molar-refractivity contribution >= 4 is 45.0 Å². The predicted molar refractivity (Wildman–Crippen MR) is 134 cm³/mol. The van der Waals surface area contributed by atoms with Gasteiger partial charge in [0.1, 0.15) is 33.2 Å². The van der Waals surface area contributed by atoms with E-state index in [2.05, 4.69) is 4.90 Å². The molecule has 3 rings (SSSR count). The number of hydrogen-bond acceptors (Lipinski definition) is 8. The number of carbonyl (C=O) groups is 1. The van der Waals surface area contributed by atoms with Gasteiger partial charge in [-0.25, -0.2) is 4.98 Å². The first-order valence-corrected chi connectivity index (χ1v) is 11.0. The second-order valence-electron chi connectivity index (χ2n) is 7.31. The summed E-state index contributed by atoms with van der Waals surface area (Å²) in [4.78, 5) is 21.7. The molecule has 1 amide bonds. The van der Waals surface area contributed by atoms with E-state index in [0.717, 1.165) is 23.4 Å². The van der Waals surface area contributed by atoms with Crippen LogP contribution in [-0.2, 0) is 4.79 Å². The van der Waals surface area contributed by atoms with Gasteiger partial charge in [-0.1, -0.05) is 11.3 Å². The normalized spacial score (nSPS) is 10.6. The molecule has 180 valence electrons. The van der Waals surface area contributed by atoms with Gasteiger partial charge in [-0.3, -0.25) is 9.69 Å². The Bertz CT molecular complexity index is 1000. The number of nitrogens with zero attached hydrogens (tertiary/aromatic N) is 3. The van der Waals surface area contributed by atoms with Crippen LogP contribution in [0.1, 0.15) is 6.42 Å². The van der Waals surface area contributed by atoms with Crippen molar-refractivity contribution in [2.45, 2.75) is 6.42 Å². The van der Waals surface area contributed by atoms with Crippen molar-refractivity contribution in [3.63, 3.8) is 0 Å². The first-order valence-electron chi connectivity index (χ1n) is 10.2. The van der Waals surface area contributed by atoms with Gasteiger partial charge in [0, 0.05) is 6.54 Å². The zero-order valence-electron chi connectivity index (χ0n) is 19.5. The number of amides is 1. The first-order chi connectivity index (χ1) is 15.5. The van der Waals surface area contributed by atoms with Gasteiger partial charge in [-0.2, -0.15) is 0 Å². The van der Waals surface area contributed by atoms with Gasteiger partial charge in [0.25, 0.3) is 5.91 Å². The maximum absolute atomic E-state index is 13.2. The fourth-order valence-electron chi connectivity index (χ4n) is 3.16. The van der Waals surface area contributed by atoms with Crippen molar-refractivity contribution in [1.29, 1.82) is 0 Å². The molecule has 0 radical (unpaired) electrons. The maximum atomic E-state index is 13.2. The summed E-state index contributed by atoms with van der Waals surface area (Å²) in [5.41, 5.74) is 0.674. The molecule has 1 aromatic heterocycles. The molecule has 0 aliphatic carbocycles. The minimum atomic E-state index is -0.170. The molecule has 0 unspecified atom stereocenters. The summed E-state index contributed by atoms with van der Waals surface area (Å²) in [5, 5.41) is 0.588. The molecular formula is C23H30ClN3O5S. The molecule has 1 heterocycles. The summed E-state index contributed by atoms with van der Waals surface area (Å²) < 4.78 is 22.7. The van der Waals surface area contributed by atoms with Gasteiger partial charge >= 0.3 is 0 Å². The number of hydrogen-bond donors (Lipinski definition) is 0. The number of fused-ring (bicyclic) bond motifs is 1. The van der Waals surface area contributed by atoms with E-state index in [1.165, 1.54) is 11.3 Å². The number of methoxy groups -OCH3 is 3. The summed E-state index contributed by atoms with van der Waals surface area (Å²) in [6.07, 6.45) is 0.797. The van der Waals surface area contributed by atoms with Gasteiger partial charge < -0.3 is 23.8 Å². The molecular weight excluding hydrogens is 466 g/mol. The minimum Gasteiger partial charge on any atom is -0.497 e. The highest BCUT2D eigenvalue weighted by atomic mass is 35.5. The zero-order chi connectivity index (χ0) is 23.1. The summed E-state index contributed by atoms with van der Waals surface area (Å²) >= 11 is 1.40. The van der Waals surface area contributed by atoms with Crippen molar-refractivity contribution in [2.24, 2.45) is 0 Å². The molecule has 8 nitrogen and oxygen atoms in total. The highest BCUT2D eigenvalue weighted by Crippen LogP contribution is 2.40. The molecule has 0 saturated heterocycles. The molecule has 0 N–H and O–H groups in total. The fourth-order valence-corrected chi connectivity index (χ4v) is 4.27. The summed E-state index contributed by atoms with van der Waals surface area (Å²) in [7, 11) is 8.83. The van der Waals surface area contributed by atoms with Gasteiger partial charge in [0.2, 0.25) is 0 Å². The van der Waals surface area contributed by atoms with Crippen LogP contribution < -0.4 is 23.8 Å². The number of thiazole rings is 1. The lowest BCUT2D eigenvalue weighted by molar-refractivity contribution is -0.120. The lowest BCUT2D eigenvalue weighted by Crippen LogP contribution is -2.36. The van der Waals surface area contributed by atoms with Gasteiger partial charge in [-0.05, 0) is 63.5 Å². The lowest BCUT2D eigenvalue weighted by atomic mass is 10.3. The van der Waals surface area contributed by atoms with E-state index in [1.54, 1.807) is 50.5 Å². The Morgan fingerprint density at radius 3 is 2.15 bits per heavy atom. The van der Waals surface area contributed by atoms with Crippen molar-refractivity contribution in [1.82, 2.24) is 9.88 Å². The number of aromatic nitrogens is 1. The van der Waals surface area contributed by atoms with Crippen LogP contribution in [0.25, 0.3) is 10.2 Å². The number of anilines is 1. The first kappa shape index (κ1) is 26.5. The second kappa shape index (κ2) is 12.5. The van der Waals surface area contributed by atoms with E-state index in [9.17, 15) is 4.79 Å². The molecule has 0 spiro atoms. The Kier molecular flexibility index (Phi) is 10.0. The van der Waals surface area contributed by atoms with Crippen LogP contribution in [-0.4, -0.2) is 70.9 Å². The summed E-state index contributed by atoms with van der Waals surface area (Å²) in [6.45, 7) is 1.27. The van der Waals surface area contributed by atoms with Crippen LogP contribution in [0.3, 0.4) is 0 Å². The van der Waals surface area contributed by atoms with E-state index in [-0.39, 0.29) is 24.9 Å². The standard InChI is InChI=1S/C23H29N3O5S.ClH/c1-25(2)13-6-14-26(20(27)15-31-17-9-7-16(28-3)8-10-17)23-24-21-18(29-4)11-12-19(30-5)22(21)32-23;/h7-12H,6,13-15H2,1-5H3;1H. The molecule has 0 aliphatic rings. The lowest BCUT2D eigenvalue weighted by Gasteiger charge is -2.21. The minimum absolute atomic E-state index is 0. The monoisotopic (exact) mass is 495 g/mol. The van der Waals surface area contributed by atoms with Gasteiger partial charge in [0.15, 0.2) is 11.7 Å². The molecule has 0 aliphatic heterocycles. The van der Waals surface area contributed by atoms with Crippen molar-refractivity contribution in [3.8, 4) is 23.0 Å². The molecule has 0 atom stereocenters. The highest BCUT2D eigenvalue weighted by molar-refractivity contribution is 7.22. The zero-order valence-corrected chi connectivity index (χ0v) is 21.1. The van der Waals surface area contributed by atoms with Crippen LogP contribution in [0.15, 0.2) is 36.4 Å². The smallest absolute Gasteiger partial charge is 0.266 e. The van der Waals surface area contributed by atoms with Crippen molar-refractivity contribution < 1.29 is 23.7 Å². The maximum Gasteiger partial charge on any atom is 0.266 e. The topological polar surface area (TPSA) is 73.4 Å². The number of carbonyl (C=O) groups excluding carboxylic acids is 1. The quantitative estimate of drug-likeness (QED) is 0.396. The Morgan fingerprint density at radius 1 is 0.909 bits per heavy atom. The van der Waals surface area contributed by atoms with E-state index in [0.29, 0.717) is 34.4 Å². The Morgan fingerprint density at radius 2 is 1.55 bits per heavy atom. The third kappa shape index (κ3) is 6.63. The average molecular weight is 496 g/mol. The Hall–Kier alpha value is -2.75. The Balaban J connectivity index is 0.00000385. The van der Waals surface area contributed by atoms with E-state index in [4.69, 9.17) is 23.9 Å². The fraction of sp³-hybridized carbons (Fsp3) is 0.391. The Labute approximate surface area is 204 Å². The summed E-state index contributed by atoms with van der Waals surface area (Å²) in [6, 6.07) is 10.8. The van der Waals surface area contributed by atoms with Gasteiger partial charge in [0.05, 0.1) is 21.3 Å². The SMILES string of the molecule is COc1ccc(OCC(=O)N(CCCN(C)C)c2nc3c(OC)ccc(OC)c3s2)cc1.Cl. The van der Waals surface area contributed by atoms with Crippen LogP contribution >= 0.6 is 23.7 Å². The number of halogens is 1. The highest BCUT2D eigenvalue weighted by Gasteiger charge is 2.23. The third-order valence-electron chi connectivity index (χ3n) is 4.84. The van der Waals surface area contributed by atoms with Gasteiger partial charge in [-0.15, -0.1) is 12.4 Å².